The summed E-state index contributed by atoms with van der Waals surface area (Å²) in [5, 5.41) is 11.4. The Morgan fingerprint density at radius 3 is 2.73 bits per heavy atom. The van der Waals surface area contributed by atoms with Crippen molar-refractivity contribution in [2.45, 2.75) is 58.0 Å². The minimum Gasteiger partial charge on any atom is -0.496 e. The fourth-order valence-electron chi connectivity index (χ4n) is 8.27. The number of aromatic nitrogens is 4. The van der Waals surface area contributed by atoms with Gasteiger partial charge in [0.05, 0.1) is 46.4 Å². The van der Waals surface area contributed by atoms with Crippen molar-refractivity contribution in [3.8, 4) is 27.6 Å². The Hall–Kier alpha value is -5.36. The zero-order chi connectivity index (χ0) is 35.0. The maximum Gasteiger partial charge on any atom is 0.434 e. The molecule has 6 aromatic rings. The van der Waals surface area contributed by atoms with Crippen LogP contribution in [0.3, 0.4) is 0 Å². The lowest BCUT2D eigenvalue weighted by atomic mass is 9.81. The van der Waals surface area contributed by atoms with Gasteiger partial charge in [-0.15, -0.1) is 16.4 Å². The minimum absolute atomic E-state index is 0.0619. The molecule has 0 bridgehead atoms. The van der Waals surface area contributed by atoms with E-state index in [1.807, 2.05) is 23.1 Å². The molecule has 51 heavy (non-hydrogen) atoms. The molecule has 2 atom stereocenters. The van der Waals surface area contributed by atoms with E-state index in [0.29, 0.717) is 41.8 Å². The number of anilines is 1. The third-order valence-corrected chi connectivity index (χ3v) is 11.9. The Morgan fingerprint density at radius 2 is 1.94 bits per heavy atom. The second-order valence-electron chi connectivity index (χ2n) is 14.2. The average molecular weight is 703 g/mol. The molecule has 12 heteroatoms. The van der Waals surface area contributed by atoms with Crippen LogP contribution >= 0.6 is 11.3 Å². The van der Waals surface area contributed by atoms with E-state index in [0.717, 1.165) is 57.1 Å². The van der Waals surface area contributed by atoms with Gasteiger partial charge in [0.15, 0.2) is 0 Å². The fraction of sp³-hybridized carbons (Fsp3) is 0.308. The highest BCUT2D eigenvalue weighted by atomic mass is 32.1. The van der Waals surface area contributed by atoms with E-state index in [9.17, 15) is 14.0 Å². The molecule has 9 rings (SSSR count). The number of thiophene rings is 1. The predicted molar refractivity (Wildman–Crippen MR) is 193 cm³/mol. The monoisotopic (exact) mass is 702 g/mol. The Morgan fingerprint density at radius 1 is 1.10 bits per heavy atom. The Bertz CT molecular complexity index is 2420. The van der Waals surface area contributed by atoms with Crippen LogP contribution in [0, 0.1) is 11.2 Å². The molecule has 2 aliphatic heterocycles. The number of aromatic amines is 1. The number of carbonyl (C=O) groups is 1. The van der Waals surface area contributed by atoms with Gasteiger partial charge < -0.3 is 19.4 Å². The molecule has 1 aliphatic carbocycles. The van der Waals surface area contributed by atoms with Crippen molar-refractivity contribution in [2.75, 3.05) is 19.0 Å². The van der Waals surface area contributed by atoms with Crippen molar-refractivity contribution < 1.29 is 18.3 Å². The number of carbonyl (C=O) groups excluding carboxylic acids is 1. The fourth-order valence-corrected chi connectivity index (χ4v) is 9.44. The maximum atomic E-state index is 14.5. The van der Waals surface area contributed by atoms with Crippen molar-refractivity contribution in [1.29, 1.82) is 0 Å². The lowest BCUT2D eigenvalue weighted by Crippen LogP contribution is -2.26. The molecule has 0 saturated carbocycles. The molecule has 10 nitrogen and oxygen atoms in total. The number of amides is 1. The first kappa shape index (κ1) is 31.6. The smallest absolute Gasteiger partial charge is 0.434 e. The van der Waals surface area contributed by atoms with Crippen LogP contribution in [-0.4, -0.2) is 44.6 Å². The molecule has 4 aromatic heterocycles. The molecule has 3 aliphatic rings. The van der Waals surface area contributed by atoms with Crippen LogP contribution in [0.5, 0.6) is 5.75 Å². The molecule has 0 spiro atoms. The zero-order valence-corrected chi connectivity index (χ0v) is 29.2. The number of hydrogen-bond donors (Lipinski definition) is 2. The number of H-pyrrole nitrogens is 1. The number of rotatable bonds is 8. The summed E-state index contributed by atoms with van der Waals surface area (Å²) >= 11 is 1.54. The van der Waals surface area contributed by atoms with Crippen molar-refractivity contribution in [3.05, 3.63) is 111 Å². The second kappa shape index (κ2) is 11.9. The molecule has 1 amide bonds. The summed E-state index contributed by atoms with van der Waals surface area (Å²) in [4.78, 5) is 39.7. The number of ether oxygens (including phenoxy) is 1. The first-order valence-corrected chi connectivity index (χ1v) is 18.0. The molecule has 6 heterocycles. The number of aryl methyl sites for hydroxylation is 2. The van der Waals surface area contributed by atoms with Gasteiger partial charge in [-0.05, 0) is 89.9 Å². The summed E-state index contributed by atoms with van der Waals surface area (Å²) in [6.45, 7) is 4.99. The van der Waals surface area contributed by atoms with Gasteiger partial charge in [-0.2, -0.15) is 0 Å². The minimum atomic E-state index is -0.700. The molecule has 258 valence electrons. The third-order valence-electron chi connectivity index (χ3n) is 10.7. The van der Waals surface area contributed by atoms with Gasteiger partial charge in [-0.25, -0.2) is 19.3 Å². The van der Waals surface area contributed by atoms with Gasteiger partial charge in [0.2, 0.25) is 0 Å². The number of halogens is 1. The Labute approximate surface area is 296 Å². The van der Waals surface area contributed by atoms with E-state index >= 15 is 0 Å². The molecule has 1 fully saturated rings. The highest BCUT2D eigenvalue weighted by molar-refractivity contribution is 7.23. The van der Waals surface area contributed by atoms with E-state index in [1.165, 1.54) is 34.6 Å². The van der Waals surface area contributed by atoms with E-state index in [4.69, 9.17) is 19.1 Å². The lowest BCUT2D eigenvalue weighted by Gasteiger charge is -2.27. The van der Waals surface area contributed by atoms with Crippen LogP contribution in [0.25, 0.3) is 32.0 Å². The molecule has 2 N–H and O–H groups in total. The van der Waals surface area contributed by atoms with Gasteiger partial charge in [0.1, 0.15) is 17.4 Å². The number of methoxy groups -OCH3 is 1. The van der Waals surface area contributed by atoms with Crippen LogP contribution in [0.15, 0.2) is 70.0 Å². The highest BCUT2D eigenvalue weighted by Gasteiger charge is 2.52. The van der Waals surface area contributed by atoms with Crippen molar-refractivity contribution in [2.24, 2.45) is 5.41 Å². The summed E-state index contributed by atoms with van der Waals surface area (Å²) in [6.07, 6.45) is 5.47. The molecular weight excluding hydrogens is 668 g/mol. The number of hydrogen-bond acceptors (Lipinski definition) is 9. The molecular formula is C39H35FN6O4S. The second-order valence-corrected chi connectivity index (χ2v) is 15.3. The summed E-state index contributed by atoms with van der Waals surface area (Å²) in [6, 6.07) is 16.5. The molecule has 2 aromatic carbocycles. The van der Waals surface area contributed by atoms with E-state index in [2.05, 4.69) is 41.5 Å². The first-order valence-electron chi connectivity index (χ1n) is 17.2. The third kappa shape index (κ3) is 5.14. The number of nitrogens with one attached hydrogen (secondary N) is 2. The van der Waals surface area contributed by atoms with Crippen molar-refractivity contribution in [1.82, 2.24) is 25.1 Å². The van der Waals surface area contributed by atoms with Crippen molar-refractivity contribution in [3.63, 3.8) is 0 Å². The number of fused-ring (bicyclic) bond motifs is 5. The first-order chi connectivity index (χ1) is 24.7. The molecule has 1 unspecified atom stereocenters. The Kier molecular flexibility index (Phi) is 7.36. The molecule has 1 saturated heterocycles. The molecule has 0 radical (unpaired) electrons. The van der Waals surface area contributed by atoms with Crippen molar-refractivity contribution >= 4 is 33.1 Å². The topological polar surface area (TPSA) is 126 Å². The quantitative estimate of drug-likeness (QED) is 0.166. The normalized spacial score (nSPS) is 18.7. The van der Waals surface area contributed by atoms with Crippen LogP contribution in [-0.2, 0) is 19.3 Å². The van der Waals surface area contributed by atoms with E-state index in [-0.39, 0.29) is 35.1 Å². The summed E-state index contributed by atoms with van der Waals surface area (Å²) < 4.78 is 26.0. The predicted octanol–water partition coefficient (Wildman–Crippen LogP) is 7.66. The van der Waals surface area contributed by atoms with Gasteiger partial charge >= 0.3 is 5.76 Å². The number of benzene rings is 2. The van der Waals surface area contributed by atoms with Crippen LogP contribution in [0.1, 0.15) is 77.2 Å². The average Bonchev–Trinajstić information content (AvgIpc) is 3.95. The number of nitrogens with zero attached hydrogens (tertiary/aromatic N) is 4. The largest absolute Gasteiger partial charge is 0.496 e. The van der Waals surface area contributed by atoms with Crippen LogP contribution in [0.2, 0.25) is 0 Å². The highest BCUT2D eigenvalue weighted by Crippen LogP contribution is 2.55. The number of pyridine rings is 2. The standard InChI is InChI=1S/C39H35FN6O4S/c1-39(2)16-18-46-34(39)32-31(37(46)47)30(29(36-44-45-38(48)50-36)26(42-32)13-9-20-7-10-22(40)11-8-20)28-19-21-15-17-41-35(33(21)51-28)43-25-14-12-24-23(25)5-4-6-27(24)49-3/h4-8,10-11,15,17,19,25,34H,9,12-14,16,18H2,1-3H3,(H,41,43)(H,45,48)/t25-,34?/m1/s1. The lowest BCUT2D eigenvalue weighted by molar-refractivity contribution is 0.0739. The van der Waals surface area contributed by atoms with Gasteiger partial charge in [0.25, 0.3) is 11.8 Å². The van der Waals surface area contributed by atoms with Gasteiger partial charge in [-0.3, -0.25) is 9.78 Å². The van der Waals surface area contributed by atoms with Crippen LogP contribution in [0.4, 0.5) is 10.2 Å². The van der Waals surface area contributed by atoms with Gasteiger partial charge in [-0.1, -0.05) is 38.1 Å². The Balaban J connectivity index is 1.22. The SMILES string of the molecule is COc1cccc2c1CC[C@H]2Nc1nccc2cc(-c3c4c(nc(CCc5ccc(F)cc5)c3-c3n[nH]c(=O)o3)C3N(CCC3(C)C)C4=O)sc12. The van der Waals surface area contributed by atoms with Crippen LogP contribution < -0.4 is 15.8 Å². The van der Waals surface area contributed by atoms with Gasteiger partial charge in [0, 0.05) is 23.2 Å². The summed E-state index contributed by atoms with van der Waals surface area (Å²) in [5.41, 5.74) is 6.23. The zero-order valence-electron chi connectivity index (χ0n) is 28.4. The van der Waals surface area contributed by atoms with E-state index < -0.39 is 5.76 Å². The summed E-state index contributed by atoms with van der Waals surface area (Å²) in [7, 11) is 1.70. The summed E-state index contributed by atoms with van der Waals surface area (Å²) in [5.74, 6) is 0.639. The van der Waals surface area contributed by atoms with E-state index in [1.54, 1.807) is 25.4 Å². The maximum absolute atomic E-state index is 14.5.